The molecule has 0 rings (SSSR count). The smallest absolute Gasteiger partial charge is 0.305 e. The molecule has 0 aromatic carbocycles. The average Bonchev–Trinajstić information content (AvgIpc) is 3.37. The Balaban J connectivity index is 3.37. The molecule has 0 aromatic heterocycles. The second-order valence-corrected chi connectivity index (χ2v) is 22.1. The van der Waals surface area contributed by atoms with Gasteiger partial charge in [0.15, 0.2) is 0 Å². The van der Waals surface area contributed by atoms with Crippen molar-refractivity contribution < 1.29 is 24.5 Å². The minimum Gasteiger partial charge on any atom is -0.466 e. The lowest BCUT2D eigenvalue weighted by atomic mass is 10.0. The summed E-state index contributed by atoms with van der Waals surface area (Å²) in [6, 6.07) is -0.541. The molecule has 2 atom stereocenters. The summed E-state index contributed by atoms with van der Waals surface area (Å²) in [7, 11) is 0. The number of rotatable bonds is 60. The fourth-order valence-electron chi connectivity index (χ4n) is 10.0. The highest BCUT2D eigenvalue weighted by Crippen LogP contribution is 2.18. The maximum absolute atomic E-state index is 12.5. The van der Waals surface area contributed by atoms with Crippen molar-refractivity contribution in [3.05, 3.63) is 24.3 Å². The van der Waals surface area contributed by atoms with Crippen LogP contribution in [0.3, 0.4) is 0 Å². The van der Waals surface area contributed by atoms with Crippen LogP contribution in [-0.2, 0) is 14.3 Å². The molecule has 0 radical (unpaired) electrons. The Morgan fingerprint density at radius 1 is 0.380 bits per heavy atom. The lowest BCUT2D eigenvalue weighted by Crippen LogP contribution is -2.45. The third kappa shape index (κ3) is 57.5. The van der Waals surface area contributed by atoms with Gasteiger partial charge in [0, 0.05) is 12.8 Å². The van der Waals surface area contributed by atoms with Crippen molar-refractivity contribution in [2.75, 3.05) is 13.2 Å². The molecule has 0 bridgehead atoms. The van der Waals surface area contributed by atoms with Crippen LogP contribution >= 0.6 is 0 Å². The van der Waals surface area contributed by atoms with Crippen LogP contribution in [-0.4, -0.2) is 47.4 Å². The number of nitrogens with one attached hydrogen (secondary N) is 1. The topological polar surface area (TPSA) is 95.9 Å². The van der Waals surface area contributed by atoms with Crippen LogP contribution in [0.5, 0.6) is 0 Å². The van der Waals surface area contributed by atoms with Crippen molar-refractivity contribution in [2.24, 2.45) is 0 Å². The average molecular weight is 1000 g/mol. The van der Waals surface area contributed by atoms with Crippen molar-refractivity contribution in [3.63, 3.8) is 0 Å². The molecule has 0 heterocycles. The van der Waals surface area contributed by atoms with Crippen LogP contribution in [0.4, 0.5) is 0 Å². The Labute approximate surface area is 443 Å². The van der Waals surface area contributed by atoms with Crippen LogP contribution < -0.4 is 5.32 Å². The van der Waals surface area contributed by atoms with Crippen LogP contribution in [0, 0.1) is 0 Å². The van der Waals surface area contributed by atoms with E-state index < -0.39 is 12.1 Å². The molecule has 0 saturated carbocycles. The van der Waals surface area contributed by atoms with Crippen molar-refractivity contribution in [2.45, 2.75) is 366 Å². The Morgan fingerprint density at radius 3 is 1.00 bits per heavy atom. The Hall–Kier alpha value is -1.66. The quantitative estimate of drug-likeness (QED) is 0.0320. The summed E-state index contributed by atoms with van der Waals surface area (Å²) in [6.07, 6.45) is 74.9. The molecule has 0 saturated heterocycles. The van der Waals surface area contributed by atoms with Crippen molar-refractivity contribution in [1.82, 2.24) is 5.32 Å². The lowest BCUT2D eigenvalue weighted by molar-refractivity contribution is -0.143. The SMILES string of the molecule is CCCCCCC/C=C\CCCCCCCC(=O)OCCCCCCCCCCCCCC/C=C\CCCCCCCCCCCCCC(=O)NC(CO)C(O)CCCCCCCCCCCCCCC. The zero-order valence-corrected chi connectivity index (χ0v) is 48.0. The molecule has 0 spiro atoms. The largest absolute Gasteiger partial charge is 0.466 e. The number of esters is 1. The molecule has 0 fully saturated rings. The van der Waals surface area contributed by atoms with Gasteiger partial charge in [0.25, 0.3) is 0 Å². The van der Waals surface area contributed by atoms with Crippen LogP contribution in [0.2, 0.25) is 0 Å². The minimum absolute atomic E-state index is 0.00686. The van der Waals surface area contributed by atoms with Gasteiger partial charge < -0.3 is 20.3 Å². The maximum atomic E-state index is 12.5. The summed E-state index contributed by atoms with van der Waals surface area (Å²) < 4.78 is 5.48. The summed E-state index contributed by atoms with van der Waals surface area (Å²) in [4.78, 5) is 24.5. The van der Waals surface area contributed by atoms with Gasteiger partial charge in [0.2, 0.25) is 5.91 Å². The van der Waals surface area contributed by atoms with Crippen molar-refractivity contribution in [3.8, 4) is 0 Å². The second kappa shape index (κ2) is 60.9. The zero-order valence-electron chi connectivity index (χ0n) is 48.0. The van der Waals surface area contributed by atoms with E-state index in [0.29, 0.717) is 25.9 Å². The summed E-state index contributed by atoms with van der Waals surface area (Å²) >= 11 is 0. The molecule has 6 heteroatoms. The van der Waals surface area contributed by atoms with E-state index in [-0.39, 0.29) is 18.5 Å². The van der Waals surface area contributed by atoms with Crippen molar-refractivity contribution >= 4 is 11.9 Å². The zero-order chi connectivity index (χ0) is 51.4. The normalized spacial score (nSPS) is 12.7. The van der Waals surface area contributed by atoms with E-state index in [2.05, 4.69) is 43.5 Å². The van der Waals surface area contributed by atoms with Gasteiger partial charge in [-0.15, -0.1) is 0 Å². The van der Waals surface area contributed by atoms with Gasteiger partial charge in [0.05, 0.1) is 25.4 Å². The predicted molar refractivity (Wildman–Crippen MR) is 310 cm³/mol. The minimum atomic E-state index is -0.664. The van der Waals surface area contributed by atoms with Gasteiger partial charge in [-0.3, -0.25) is 9.59 Å². The third-order valence-corrected chi connectivity index (χ3v) is 15.0. The monoisotopic (exact) mass is 1000 g/mol. The molecule has 3 N–H and O–H groups in total. The molecule has 71 heavy (non-hydrogen) atoms. The van der Waals surface area contributed by atoms with Gasteiger partial charge in [-0.05, 0) is 77.0 Å². The highest BCUT2D eigenvalue weighted by Gasteiger charge is 2.20. The van der Waals surface area contributed by atoms with Crippen LogP contribution in [0.25, 0.3) is 0 Å². The van der Waals surface area contributed by atoms with Gasteiger partial charge in [-0.2, -0.15) is 0 Å². The molecular weight excluding hydrogens is 875 g/mol. The van der Waals surface area contributed by atoms with E-state index in [4.69, 9.17) is 4.74 Å². The predicted octanol–water partition coefficient (Wildman–Crippen LogP) is 20.2. The van der Waals surface area contributed by atoms with Crippen LogP contribution in [0.15, 0.2) is 24.3 Å². The van der Waals surface area contributed by atoms with E-state index in [1.54, 1.807) is 0 Å². The molecule has 6 nitrogen and oxygen atoms in total. The summed E-state index contributed by atoms with van der Waals surface area (Å²) in [5.74, 6) is -0.0276. The third-order valence-electron chi connectivity index (χ3n) is 15.0. The van der Waals surface area contributed by atoms with Gasteiger partial charge in [-0.1, -0.05) is 289 Å². The number of allylic oxidation sites excluding steroid dienone is 4. The number of aliphatic hydroxyl groups excluding tert-OH is 2. The van der Waals surface area contributed by atoms with E-state index in [9.17, 15) is 19.8 Å². The number of aliphatic hydroxyl groups is 2. The first-order chi connectivity index (χ1) is 35.0. The lowest BCUT2D eigenvalue weighted by Gasteiger charge is -2.22. The molecule has 0 aliphatic rings. The molecular formula is C65H125NO5. The van der Waals surface area contributed by atoms with Crippen molar-refractivity contribution in [1.29, 1.82) is 0 Å². The summed E-state index contributed by atoms with van der Waals surface area (Å²) in [6.45, 7) is 4.96. The fourth-order valence-corrected chi connectivity index (χ4v) is 10.0. The summed E-state index contributed by atoms with van der Waals surface area (Å²) in [5.41, 5.74) is 0. The summed E-state index contributed by atoms with van der Waals surface area (Å²) in [5, 5.41) is 23.3. The Bertz CT molecular complexity index is 1110. The maximum Gasteiger partial charge on any atom is 0.305 e. The van der Waals surface area contributed by atoms with Crippen LogP contribution in [0.1, 0.15) is 354 Å². The number of carbonyl (C=O) groups is 2. The molecule has 0 aromatic rings. The number of hydrogen-bond acceptors (Lipinski definition) is 5. The van der Waals surface area contributed by atoms with E-state index in [0.717, 1.165) is 44.9 Å². The first kappa shape index (κ1) is 69.3. The Kier molecular flexibility index (Phi) is 59.5. The Morgan fingerprint density at radius 2 is 0.662 bits per heavy atom. The number of ether oxygens (including phenoxy) is 1. The van der Waals surface area contributed by atoms with Gasteiger partial charge in [-0.25, -0.2) is 0 Å². The van der Waals surface area contributed by atoms with Gasteiger partial charge >= 0.3 is 5.97 Å². The fraction of sp³-hybridized carbons (Fsp3) is 0.908. The molecule has 0 aliphatic carbocycles. The highest BCUT2D eigenvalue weighted by atomic mass is 16.5. The van der Waals surface area contributed by atoms with E-state index in [1.807, 2.05) is 0 Å². The molecule has 1 amide bonds. The first-order valence-electron chi connectivity index (χ1n) is 32.1. The standard InChI is InChI=1S/C65H125NO5/c1-3-5-7-9-11-13-15-17-35-39-43-47-51-55-59-65(70)71-60-56-52-48-44-40-36-32-30-28-26-24-22-20-18-19-21-23-25-27-29-31-34-38-42-46-50-54-58-64(69)66-62(61-67)63(68)57-53-49-45-41-37-33-16-14-12-10-8-6-4-2/h15,17-19,62-63,67-68H,3-14,16,20-61H2,1-2H3,(H,66,69)/b17-15-,19-18-. The van der Waals surface area contributed by atoms with Gasteiger partial charge in [0.1, 0.15) is 0 Å². The highest BCUT2D eigenvalue weighted by molar-refractivity contribution is 5.76. The number of hydrogen-bond donors (Lipinski definition) is 3. The number of amides is 1. The first-order valence-corrected chi connectivity index (χ1v) is 32.1. The molecule has 2 unspecified atom stereocenters. The second-order valence-electron chi connectivity index (χ2n) is 22.1. The number of carbonyl (C=O) groups excluding carboxylic acids is 2. The number of unbranched alkanes of at least 4 members (excludes halogenated alkanes) is 45. The van der Waals surface area contributed by atoms with E-state index in [1.165, 1.54) is 276 Å². The molecule has 0 aliphatic heterocycles. The van der Waals surface area contributed by atoms with E-state index >= 15 is 0 Å². The molecule has 420 valence electrons.